The zero-order valence-corrected chi connectivity index (χ0v) is 34.2. The third kappa shape index (κ3) is 6.70. The summed E-state index contributed by atoms with van der Waals surface area (Å²) in [5.74, 6) is 0.665. The van der Waals surface area contributed by atoms with Crippen LogP contribution in [0.15, 0.2) is 180 Å². The van der Waals surface area contributed by atoms with Crippen LogP contribution in [0, 0.1) is 12.1 Å². The normalized spacial score (nSPS) is 13.9. The molecule has 0 amide bonds. The molecule has 10 aromatic rings. The number of ether oxygens (including phenoxy) is 1. The Bertz CT molecular complexity index is 3660. The molecule has 3 heterocycles. The van der Waals surface area contributed by atoms with Gasteiger partial charge in [-0.15, -0.1) is 23.6 Å². The number of para-hydroxylation sites is 5. The SMILES string of the molecule is [2H]c1c([2H])c([2H])c(-c2cccc(-c3c([2H])c([2H])c([2H])c([2H])c3[2H])c2-n2c(=O)n(-c3cc(C(C)(C)C)cc(Oc4[c-]c5c(cc4)c4ccccc4n5-c4[c-]cccc4)n3)c3ccccc32)c([2H])c1[2H].[Pt+2]. The Balaban J connectivity index is 0.00000593. The van der Waals surface area contributed by atoms with Crippen molar-refractivity contribution >= 4 is 32.8 Å². The molecular formula is C52H38N4O2Pt. The summed E-state index contributed by atoms with van der Waals surface area (Å²) >= 11 is 0. The first-order valence-corrected chi connectivity index (χ1v) is 18.6. The minimum atomic E-state index is -0.722. The predicted octanol–water partition coefficient (Wildman–Crippen LogP) is 12.3. The molecule has 0 aliphatic rings. The second kappa shape index (κ2) is 15.2. The summed E-state index contributed by atoms with van der Waals surface area (Å²) in [7, 11) is 0. The fourth-order valence-corrected chi connectivity index (χ4v) is 7.45. The molecule has 0 aliphatic carbocycles. The van der Waals surface area contributed by atoms with Gasteiger partial charge in [0.1, 0.15) is 5.82 Å². The Morgan fingerprint density at radius 1 is 0.644 bits per heavy atom. The van der Waals surface area contributed by atoms with Crippen molar-refractivity contribution in [3.8, 4) is 51.1 Å². The van der Waals surface area contributed by atoms with Gasteiger partial charge in [-0.1, -0.05) is 141 Å². The molecule has 0 fully saturated rings. The van der Waals surface area contributed by atoms with E-state index in [1.165, 1.54) is 27.3 Å². The molecule has 0 N–H and O–H groups in total. The number of rotatable bonds is 7. The molecule has 0 radical (unpaired) electrons. The minimum absolute atomic E-state index is 0. The molecular weight excluding hydrogens is 908 g/mol. The summed E-state index contributed by atoms with van der Waals surface area (Å²) in [6.07, 6.45) is 0. The molecule has 6 nitrogen and oxygen atoms in total. The molecule has 3 aromatic heterocycles. The Morgan fingerprint density at radius 2 is 1.27 bits per heavy atom. The molecule has 288 valence electrons. The fourth-order valence-electron chi connectivity index (χ4n) is 7.45. The van der Waals surface area contributed by atoms with Gasteiger partial charge in [-0.3, -0.25) is 4.57 Å². The molecule has 0 bridgehead atoms. The molecule has 10 rings (SSSR count). The van der Waals surface area contributed by atoms with Gasteiger partial charge in [0.05, 0.1) is 30.4 Å². The first-order valence-electron chi connectivity index (χ1n) is 23.6. The van der Waals surface area contributed by atoms with Crippen LogP contribution in [0.4, 0.5) is 0 Å². The molecule has 59 heavy (non-hydrogen) atoms. The zero-order valence-electron chi connectivity index (χ0n) is 41.9. The maximum absolute atomic E-state index is 15.6. The van der Waals surface area contributed by atoms with Crippen LogP contribution in [0.25, 0.3) is 72.3 Å². The Kier molecular flexibility index (Phi) is 7.17. The van der Waals surface area contributed by atoms with E-state index in [0.29, 0.717) is 11.3 Å². The van der Waals surface area contributed by atoms with Gasteiger partial charge in [0.2, 0.25) is 5.88 Å². The van der Waals surface area contributed by atoms with Crippen molar-refractivity contribution < 1.29 is 39.5 Å². The third-order valence-corrected chi connectivity index (χ3v) is 10.1. The molecule has 0 atom stereocenters. The zero-order chi connectivity index (χ0) is 48.1. The van der Waals surface area contributed by atoms with Gasteiger partial charge in [0.25, 0.3) is 0 Å². The number of nitrogens with zero attached hydrogens (tertiary/aromatic N) is 4. The summed E-state index contributed by atoms with van der Waals surface area (Å²) in [5.41, 5.74) is 2.07. The molecule has 0 spiro atoms. The van der Waals surface area contributed by atoms with Gasteiger partial charge < -0.3 is 9.30 Å². The summed E-state index contributed by atoms with van der Waals surface area (Å²) in [5, 5.41) is 1.98. The first-order chi connectivity index (χ1) is 32.5. The summed E-state index contributed by atoms with van der Waals surface area (Å²) in [6.45, 7) is 6.03. The number of fused-ring (bicyclic) bond motifs is 4. The first kappa shape index (κ1) is 27.8. The number of imidazole rings is 1. The van der Waals surface area contributed by atoms with E-state index in [-0.39, 0.29) is 66.2 Å². The van der Waals surface area contributed by atoms with E-state index in [1.807, 2.05) is 75.4 Å². The van der Waals surface area contributed by atoms with Gasteiger partial charge in [-0.2, -0.15) is 35.3 Å². The largest absolute Gasteiger partial charge is 2.00 e. The molecule has 0 aliphatic heterocycles. The van der Waals surface area contributed by atoms with Crippen LogP contribution >= 0.6 is 0 Å². The molecule has 0 saturated carbocycles. The van der Waals surface area contributed by atoms with Gasteiger partial charge >= 0.3 is 26.8 Å². The van der Waals surface area contributed by atoms with Crippen molar-refractivity contribution in [1.82, 2.24) is 18.7 Å². The monoisotopic (exact) mass is 955 g/mol. The Labute approximate surface area is 370 Å². The van der Waals surface area contributed by atoms with Crippen LogP contribution in [0.5, 0.6) is 11.6 Å². The van der Waals surface area contributed by atoms with Gasteiger partial charge in [0, 0.05) is 28.5 Å². The van der Waals surface area contributed by atoms with Crippen molar-refractivity contribution in [2.75, 3.05) is 0 Å². The number of benzene rings is 7. The molecule has 7 heteroatoms. The fraction of sp³-hybridized carbons (Fsp3) is 0.0769. The van der Waals surface area contributed by atoms with Crippen molar-refractivity contribution in [1.29, 1.82) is 0 Å². The van der Waals surface area contributed by atoms with E-state index < -0.39 is 71.5 Å². The van der Waals surface area contributed by atoms with Crippen LogP contribution in [0.3, 0.4) is 0 Å². The minimum Gasteiger partial charge on any atom is -0.466 e. The Hall–Kier alpha value is -6.75. The van der Waals surface area contributed by atoms with Crippen LogP contribution in [-0.4, -0.2) is 18.7 Å². The van der Waals surface area contributed by atoms with Crippen molar-refractivity contribution in [3.63, 3.8) is 0 Å². The van der Waals surface area contributed by atoms with E-state index in [4.69, 9.17) is 23.4 Å². The van der Waals surface area contributed by atoms with E-state index in [1.54, 1.807) is 36.4 Å². The summed E-state index contributed by atoms with van der Waals surface area (Å²) < 4.78 is 98.3. The quantitative estimate of drug-likeness (QED) is 0.150. The molecule has 0 unspecified atom stereocenters. The topological polar surface area (TPSA) is 54.0 Å². The standard InChI is InChI=1S/C52H38N4O2.Pt/c1-52(2,3)37-32-48(53-49(33-37)58-39-30-31-43-42-24-13-14-27-44(42)54(47(43)34-39)38-22-11-6-12-23-38)55-45-28-15-16-29-46(45)56(51(55)57)50-40(35-18-7-4-8-19-35)25-17-26-41(50)36-20-9-5-10-21-36;/h4-22,24-33H,1-3H3;/q-2;+2/i4D,5D,7D,8D,9D,10D,18D,19D,20D,21D;. The second-order valence-corrected chi connectivity index (χ2v) is 14.7. The van der Waals surface area contributed by atoms with E-state index in [9.17, 15) is 0 Å². The average Bonchev–Trinajstić information content (AvgIpc) is 3.82. The number of pyridine rings is 1. The van der Waals surface area contributed by atoms with Crippen LogP contribution in [0.2, 0.25) is 0 Å². The maximum Gasteiger partial charge on any atom is 2.00 e. The predicted molar refractivity (Wildman–Crippen MR) is 235 cm³/mol. The van der Waals surface area contributed by atoms with Gasteiger partial charge in [-0.25, -0.2) is 9.36 Å². The van der Waals surface area contributed by atoms with Crippen molar-refractivity contribution in [2.45, 2.75) is 26.2 Å². The van der Waals surface area contributed by atoms with Crippen LogP contribution < -0.4 is 10.4 Å². The average molecular weight is 956 g/mol. The van der Waals surface area contributed by atoms with Crippen LogP contribution in [-0.2, 0) is 26.5 Å². The number of hydrogen-bond acceptors (Lipinski definition) is 3. The van der Waals surface area contributed by atoms with E-state index >= 15 is 4.79 Å². The van der Waals surface area contributed by atoms with Crippen molar-refractivity contribution in [2.24, 2.45) is 0 Å². The van der Waals surface area contributed by atoms with Gasteiger partial charge in [-0.05, 0) is 51.8 Å². The molecule has 7 aromatic carbocycles. The van der Waals surface area contributed by atoms with E-state index in [2.05, 4.69) is 22.8 Å². The number of aromatic nitrogens is 4. The molecule has 0 saturated heterocycles. The van der Waals surface area contributed by atoms with Crippen molar-refractivity contribution in [3.05, 3.63) is 204 Å². The third-order valence-electron chi connectivity index (χ3n) is 10.1. The van der Waals surface area contributed by atoms with E-state index in [0.717, 1.165) is 33.1 Å². The smallest absolute Gasteiger partial charge is 0.466 e. The van der Waals surface area contributed by atoms with Crippen LogP contribution in [0.1, 0.15) is 40.0 Å². The maximum atomic E-state index is 15.6. The Morgan fingerprint density at radius 3 is 1.92 bits per heavy atom. The summed E-state index contributed by atoms with van der Waals surface area (Å²) in [4.78, 5) is 20.6. The van der Waals surface area contributed by atoms with Gasteiger partial charge in [0.15, 0.2) is 0 Å². The number of hydrogen-bond donors (Lipinski definition) is 0. The second-order valence-electron chi connectivity index (χ2n) is 14.7. The summed E-state index contributed by atoms with van der Waals surface area (Å²) in [6, 6.07) is 35.1.